The molecular formula is C21H18N6O. The van der Waals surface area contributed by atoms with Gasteiger partial charge in [-0.3, -0.25) is 5.10 Å². The summed E-state index contributed by atoms with van der Waals surface area (Å²) in [5, 5.41) is 12.2. The third-order valence-corrected chi connectivity index (χ3v) is 4.79. The van der Waals surface area contributed by atoms with Crippen molar-refractivity contribution in [3.8, 4) is 17.1 Å². The Labute approximate surface area is 161 Å². The molecule has 0 spiro atoms. The Kier molecular flexibility index (Phi) is 3.79. The number of aryl methyl sites for hydroxylation is 2. The zero-order valence-electron chi connectivity index (χ0n) is 15.5. The van der Waals surface area contributed by atoms with Gasteiger partial charge in [-0.05, 0) is 30.5 Å². The monoisotopic (exact) mass is 370 g/mol. The largest absolute Gasteiger partial charge is 0.488 e. The predicted molar refractivity (Wildman–Crippen MR) is 106 cm³/mol. The van der Waals surface area contributed by atoms with Gasteiger partial charge < -0.3 is 4.74 Å². The van der Waals surface area contributed by atoms with Crippen molar-refractivity contribution in [2.75, 3.05) is 0 Å². The fraction of sp³-hybridized carbons (Fsp3) is 0.143. The molecule has 0 atom stereocenters. The van der Waals surface area contributed by atoms with Crippen LogP contribution in [0.1, 0.15) is 16.7 Å². The smallest absolute Gasteiger partial charge is 0.182 e. The Morgan fingerprint density at radius 1 is 1.04 bits per heavy atom. The summed E-state index contributed by atoms with van der Waals surface area (Å²) in [4.78, 5) is 8.93. The van der Waals surface area contributed by atoms with Crippen LogP contribution in [0.25, 0.3) is 28.1 Å². The second kappa shape index (κ2) is 6.45. The number of hydrogen-bond acceptors (Lipinski definition) is 5. The maximum Gasteiger partial charge on any atom is 0.182 e. The van der Waals surface area contributed by atoms with Crippen LogP contribution in [0, 0.1) is 13.8 Å². The molecule has 0 saturated carbocycles. The van der Waals surface area contributed by atoms with Gasteiger partial charge in [0.15, 0.2) is 17.1 Å². The Bertz CT molecular complexity index is 1270. The van der Waals surface area contributed by atoms with Crippen molar-refractivity contribution < 1.29 is 4.74 Å². The molecule has 7 heteroatoms. The van der Waals surface area contributed by atoms with Crippen molar-refractivity contribution in [1.29, 1.82) is 0 Å². The van der Waals surface area contributed by atoms with Crippen molar-refractivity contribution in [2.45, 2.75) is 20.5 Å². The van der Waals surface area contributed by atoms with E-state index < -0.39 is 0 Å². The predicted octanol–water partition coefficient (Wildman–Crippen LogP) is 3.86. The van der Waals surface area contributed by atoms with Gasteiger partial charge in [-0.25, -0.2) is 14.5 Å². The summed E-state index contributed by atoms with van der Waals surface area (Å²) in [5.41, 5.74) is 5.75. The molecule has 5 rings (SSSR count). The minimum absolute atomic E-state index is 0.518. The third-order valence-electron chi connectivity index (χ3n) is 4.79. The highest BCUT2D eigenvalue weighted by atomic mass is 16.5. The molecule has 0 aliphatic rings. The molecule has 138 valence electrons. The number of rotatable bonds is 4. The van der Waals surface area contributed by atoms with E-state index in [0.29, 0.717) is 18.1 Å². The lowest BCUT2D eigenvalue weighted by Gasteiger charge is -2.12. The summed E-state index contributed by atoms with van der Waals surface area (Å²) in [5.74, 6) is 1.60. The number of nitrogens with one attached hydrogen (secondary N) is 1. The van der Waals surface area contributed by atoms with Gasteiger partial charge in [-0.1, -0.05) is 42.5 Å². The molecular weight excluding hydrogens is 352 g/mol. The van der Waals surface area contributed by atoms with Crippen LogP contribution in [0.15, 0.2) is 55.0 Å². The average Bonchev–Trinajstić information content (AvgIpc) is 3.34. The van der Waals surface area contributed by atoms with Gasteiger partial charge in [-0.15, -0.1) is 5.10 Å². The quantitative estimate of drug-likeness (QED) is 0.519. The van der Waals surface area contributed by atoms with E-state index in [1.807, 2.05) is 30.3 Å². The van der Waals surface area contributed by atoms with E-state index in [-0.39, 0.29) is 0 Å². The van der Waals surface area contributed by atoms with E-state index in [4.69, 9.17) is 4.74 Å². The van der Waals surface area contributed by atoms with Crippen LogP contribution in [0.4, 0.5) is 0 Å². The fourth-order valence-corrected chi connectivity index (χ4v) is 3.30. The molecule has 0 bridgehead atoms. The summed E-state index contributed by atoms with van der Waals surface area (Å²) >= 11 is 0. The van der Waals surface area contributed by atoms with Gasteiger partial charge in [0.25, 0.3) is 0 Å². The van der Waals surface area contributed by atoms with Gasteiger partial charge in [0, 0.05) is 5.56 Å². The zero-order chi connectivity index (χ0) is 19.1. The Morgan fingerprint density at radius 2 is 1.82 bits per heavy atom. The molecule has 0 radical (unpaired) electrons. The molecule has 0 fully saturated rings. The number of fused-ring (bicyclic) bond motifs is 3. The lowest BCUT2D eigenvalue weighted by atomic mass is 10.1. The second-order valence-corrected chi connectivity index (χ2v) is 6.79. The first kappa shape index (κ1) is 16.4. The third kappa shape index (κ3) is 2.77. The first-order valence-electron chi connectivity index (χ1n) is 9.02. The van der Waals surface area contributed by atoms with Crippen molar-refractivity contribution in [1.82, 2.24) is 29.8 Å². The number of benzene rings is 2. The lowest BCUT2D eigenvalue weighted by molar-refractivity contribution is 0.302. The van der Waals surface area contributed by atoms with Crippen molar-refractivity contribution in [2.24, 2.45) is 0 Å². The highest BCUT2D eigenvalue weighted by Gasteiger charge is 2.11. The summed E-state index contributed by atoms with van der Waals surface area (Å²) in [7, 11) is 0. The number of para-hydroxylation sites is 1. The molecule has 5 aromatic rings. The summed E-state index contributed by atoms with van der Waals surface area (Å²) in [6.45, 7) is 4.64. The van der Waals surface area contributed by atoms with Crippen molar-refractivity contribution in [3.63, 3.8) is 0 Å². The molecule has 7 nitrogen and oxygen atoms in total. The second-order valence-electron chi connectivity index (χ2n) is 6.79. The van der Waals surface area contributed by atoms with Crippen LogP contribution < -0.4 is 4.74 Å². The molecule has 3 heterocycles. The van der Waals surface area contributed by atoms with Crippen molar-refractivity contribution in [3.05, 3.63) is 71.7 Å². The van der Waals surface area contributed by atoms with Gasteiger partial charge in [0.1, 0.15) is 18.7 Å². The number of nitrogens with zero attached hydrogens (tertiary/aromatic N) is 5. The van der Waals surface area contributed by atoms with Gasteiger partial charge >= 0.3 is 0 Å². The van der Waals surface area contributed by atoms with Crippen LogP contribution in [0.2, 0.25) is 0 Å². The van der Waals surface area contributed by atoms with E-state index in [0.717, 1.165) is 39.0 Å². The summed E-state index contributed by atoms with van der Waals surface area (Å²) in [6.07, 6.45) is 3.35. The maximum absolute atomic E-state index is 6.03. The minimum atomic E-state index is 0.518. The summed E-state index contributed by atoms with van der Waals surface area (Å²) < 4.78 is 7.70. The van der Waals surface area contributed by atoms with Gasteiger partial charge in [0.2, 0.25) is 0 Å². The molecule has 0 amide bonds. The van der Waals surface area contributed by atoms with Gasteiger partial charge in [0.05, 0.1) is 11.6 Å². The molecule has 0 aliphatic carbocycles. The Hall–Kier alpha value is -3.74. The standard InChI is InChI=1S/C21H18N6O/c1-13-4-3-5-14(2)18(13)28-11-15-6-8-16(9-7-15)19-24-21-17-10-23-25-20(17)22-12-27(21)26-19/h3-10,12H,11H2,1-2H3,(H,23,25). The number of hydrogen-bond donors (Lipinski definition) is 1. The van der Waals surface area contributed by atoms with Crippen LogP contribution in [0.3, 0.4) is 0 Å². The molecule has 3 aromatic heterocycles. The van der Waals surface area contributed by atoms with E-state index >= 15 is 0 Å². The number of H-pyrrole nitrogens is 1. The lowest BCUT2D eigenvalue weighted by Crippen LogP contribution is -1.98. The Morgan fingerprint density at radius 3 is 2.61 bits per heavy atom. The van der Waals surface area contributed by atoms with Gasteiger partial charge in [-0.2, -0.15) is 5.10 Å². The average molecular weight is 370 g/mol. The first-order valence-corrected chi connectivity index (χ1v) is 9.02. The van der Waals surface area contributed by atoms with E-state index in [9.17, 15) is 0 Å². The normalized spacial score (nSPS) is 11.4. The fourth-order valence-electron chi connectivity index (χ4n) is 3.30. The maximum atomic E-state index is 6.03. The molecule has 0 saturated heterocycles. The van der Waals surface area contributed by atoms with Crippen LogP contribution in [-0.4, -0.2) is 29.8 Å². The molecule has 2 aromatic carbocycles. The minimum Gasteiger partial charge on any atom is -0.488 e. The molecule has 1 N–H and O–H groups in total. The van der Waals surface area contributed by atoms with Crippen molar-refractivity contribution >= 4 is 16.7 Å². The zero-order valence-corrected chi connectivity index (χ0v) is 15.5. The van der Waals surface area contributed by atoms with E-state index in [2.05, 4.69) is 51.2 Å². The van der Waals surface area contributed by atoms with Crippen LogP contribution in [0.5, 0.6) is 5.75 Å². The highest BCUT2D eigenvalue weighted by molar-refractivity contribution is 5.88. The molecule has 0 unspecified atom stereocenters. The van der Waals surface area contributed by atoms with E-state index in [1.54, 1.807) is 17.0 Å². The van der Waals surface area contributed by atoms with Crippen LogP contribution in [-0.2, 0) is 6.61 Å². The topological polar surface area (TPSA) is 81.0 Å². The number of aromatic nitrogens is 6. The van der Waals surface area contributed by atoms with Crippen LogP contribution >= 0.6 is 0 Å². The number of ether oxygens (including phenoxy) is 1. The molecule has 28 heavy (non-hydrogen) atoms. The molecule has 0 aliphatic heterocycles. The Balaban J connectivity index is 1.40. The summed E-state index contributed by atoms with van der Waals surface area (Å²) in [6, 6.07) is 14.3. The number of aromatic amines is 1. The van der Waals surface area contributed by atoms with E-state index in [1.165, 1.54) is 0 Å². The SMILES string of the molecule is Cc1cccc(C)c1OCc1ccc(-c2nc3c4cn[nH]c4ncn3n2)cc1. The highest BCUT2D eigenvalue weighted by Crippen LogP contribution is 2.24. The first-order chi connectivity index (χ1) is 13.7.